The van der Waals surface area contributed by atoms with Gasteiger partial charge in [-0.25, -0.2) is 0 Å². The molecular formula is C27H30N6O3. The van der Waals surface area contributed by atoms with Gasteiger partial charge in [0.2, 0.25) is 0 Å². The van der Waals surface area contributed by atoms with Crippen LogP contribution in [0.3, 0.4) is 0 Å². The number of hydrogen-bond acceptors (Lipinski definition) is 7. The summed E-state index contributed by atoms with van der Waals surface area (Å²) in [5.74, 6) is -0.154. The third kappa shape index (κ3) is 5.10. The molecule has 9 nitrogen and oxygen atoms in total. The topological polar surface area (TPSA) is 105 Å². The number of aromatic nitrogens is 4. The van der Waals surface area contributed by atoms with E-state index in [0.717, 1.165) is 70.8 Å². The highest BCUT2D eigenvalue weighted by molar-refractivity contribution is 5.81. The van der Waals surface area contributed by atoms with E-state index in [0.29, 0.717) is 6.61 Å². The van der Waals surface area contributed by atoms with Gasteiger partial charge in [-0.3, -0.25) is 19.4 Å². The van der Waals surface area contributed by atoms with Crippen LogP contribution < -0.4 is 15.0 Å². The number of aryl methyl sites for hydroxylation is 1. The van der Waals surface area contributed by atoms with Crippen LogP contribution in [0.15, 0.2) is 55.0 Å². The zero-order chi connectivity index (χ0) is 25.1. The number of nitrogens with one attached hydrogen (secondary N) is 1. The first-order valence-corrected chi connectivity index (χ1v) is 12.1. The number of fused-ring (bicyclic) bond motifs is 2. The lowest BCUT2D eigenvalue weighted by Gasteiger charge is -2.20. The summed E-state index contributed by atoms with van der Waals surface area (Å²) >= 11 is 0. The number of carbonyl (C=O) groups is 1. The molecule has 4 heterocycles. The average Bonchev–Trinajstić information content (AvgIpc) is 3.30. The Labute approximate surface area is 209 Å². The summed E-state index contributed by atoms with van der Waals surface area (Å²) in [6, 6.07) is 11.4. The Morgan fingerprint density at radius 2 is 2.08 bits per heavy atom. The van der Waals surface area contributed by atoms with Crippen molar-refractivity contribution in [1.29, 1.82) is 0 Å². The highest BCUT2D eigenvalue weighted by Crippen LogP contribution is 2.30. The predicted molar refractivity (Wildman–Crippen MR) is 139 cm³/mol. The van der Waals surface area contributed by atoms with Crippen molar-refractivity contribution in [3.05, 3.63) is 71.9 Å². The van der Waals surface area contributed by atoms with Crippen molar-refractivity contribution < 1.29 is 14.6 Å². The van der Waals surface area contributed by atoms with Gasteiger partial charge >= 0.3 is 5.97 Å². The molecule has 0 bridgehead atoms. The normalized spacial score (nSPS) is 13.6. The van der Waals surface area contributed by atoms with Gasteiger partial charge in [0.15, 0.2) is 0 Å². The summed E-state index contributed by atoms with van der Waals surface area (Å²) in [7, 11) is 3.85. The molecule has 0 saturated heterocycles. The van der Waals surface area contributed by atoms with Gasteiger partial charge in [-0.1, -0.05) is 0 Å². The fourth-order valence-electron chi connectivity index (χ4n) is 4.54. The lowest BCUT2D eigenvalue weighted by atomic mass is 10.0. The van der Waals surface area contributed by atoms with Gasteiger partial charge in [-0.2, -0.15) is 5.10 Å². The van der Waals surface area contributed by atoms with Gasteiger partial charge < -0.3 is 20.1 Å². The predicted octanol–water partition coefficient (Wildman–Crippen LogP) is 3.94. The molecule has 186 valence electrons. The van der Waals surface area contributed by atoms with Gasteiger partial charge in [0.25, 0.3) is 0 Å². The second-order valence-corrected chi connectivity index (χ2v) is 9.22. The van der Waals surface area contributed by atoms with Crippen molar-refractivity contribution in [2.75, 3.05) is 37.5 Å². The number of carboxylic acids is 1. The van der Waals surface area contributed by atoms with Gasteiger partial charge in [0, 0.05) is 44.3 Å². The van der Waals surface area contributed by atoms with Crippen LogP contribution in [-0.2, 0) is 17.6 Å². The standard InChI is InChI=1S/C27H30N6O3/c1-32(2)21-12-18(15-28-17-21)26(14-27(34)35)33-25-8-6-22(13-19(25)16-30-33)36-11-9-20-5-7-23-24(31-20)4-3-10-29-23/h5-8,12-13,15-17,26,29H,3-4,9-11,14H2,1-2H3,(H,34,35). The van der Waals surface area contributed by atoms with Crippen LogP contribution in [0.25, 0.3) is 10.9 Å². The molecule has 0 fully saturated rings. The van der Waals surface area contributed by atoms with Crippen molar-refractivity contribution in [2.24, 2.45) is 0 Å². The second kappa shape index (κ2) is 10.2. The summed E-state index contributed by atoms with van der Waals surface area (Å²) in [6.45, 7) is 1.52. The molecule has 1 aromatic carbocycles. The Balaban J connectivity index is 1.32. The Hall–Kier alpha value is -4.14. The van der Waals surface area contributed by atoms with Gasteiger partial charge in [0.1, 0.15) is 5.75 Å². The van der Waals surface area contributed by atoms with Crippen molar-refractivity contribution in [2.45, 2.75) is 31.7 Å². The summed E-state index contributed by atoms with van der Waals surface area (Å²) < 4.78 is 7.78. The molecule has 36 heavy (non-hydrogen) atoms. The Kier molecular flexibility index (Phi) is 6.71. The number of hydrogen-bond donors (Lipinski definition) is 2. The number of nitrogens with zero attached hydrogens (tertiary/aromatic N) is 5. The average molecular weight is 487 g/mol. The van der Waals surface area contributed by atoms with E-state index in [1.165, 1.54) is 0 Å². The molecule has 0 spiro atoms. The molecule has 4 aromatic rings. The number of ether oxygens (including phenoxy) is 1. The van der Waals surface area contributed by atoms with E-state index >= 15 is 0 Å². The zero-order valence-electron chi connectivity index (χ0n) is 20.5. The van der Waals surface area contributed by atoms with E-state index in [4.69, 9.17) is 9.72 Å². The zero-order valence-corrected chi connectivity index (χ0v) is 20.5. The fourth-order valence-corrected chi connectivity index (χ4v) is 4.54. The maximum atomic E-state index is 11.7. The SMILES string of the molecule is CN(C)c1cncc(C(CC(=O)O)n2ncc3cc(OCCc4ccc5c(n4)CCCN5)ccc32)c1. The van der Waals surface area contributed by atoms with Crippen LogP contribution >= 0.6 is 0 Å². The number of benzene rings is 1. The molecule has 0 radical (unpaired) electrons. The molecule has 0 aliphatic carbocycles. The monoisotopic (exact) mass is 486 g/mol. The third-order valence-corrected chi connectivity index (χ3v) is 6.44. The molecule has 0 amide bonds. The molecule has 5 rings (SSSR count). The van der Waals surface area contributed by atoms with Gasteiger partial charge in [-0.05, 0) is 54.8 Å². The molecule has 1 unspecified atom stereocenters. The van der Waals surface area contributed by atoms with E-state index in [1.54, 1.807) is 23.3 Å². The largest absolute Gasteiger partial charge is 0.493 e. The van der Waals surface area contributed by atoms with E-state index in [9.17, 15) is 9.90 Å². The van der Waals surface area contributed by atoms with Crippen LogP contribution in [0.5, 0.6) is 5.75 Å². The van der Waals surface area contributed by atoms with Crippen molar-refractivity contribution in [3.63, 3.8) is 0 Å². The number of rotatable bonds is 9. The van der Waals surface area contributed by atoms with Crippen molar-refractivity contribution in [1.82, 2.24) is 19.7 Å². The van der Waals surface area contributed by atoms with Crippen LogP contribution in [0, 0.1) is 0 Å². The molecule has 3 aromatic heterocycles. The van der Waals surface area contributed by atoms with E-state index in [2.05, 4.69) is 27.5 Å². The van der Waals surface area contributed by atoms with E-state index in [1.807, 2.05) is 43.3 Å². The molecule has 1 aliphatic rings. The lowest BCUT2D eigenvalue weighted by Crippen LogP contribution is -2.17. The van der Waals surface area contributed by atoms with Crippen LogP contribution in [0.1, 0.15) is 35.8 Å². The maximum absolute atomic E-state index is 11.7. The van der Waals surface area contributed by atoms with Gasteiger partial charge in [-0.15, -0.1) is 0 Å². The van der Waals surface area contributed by atoms with Crippen molar-refractivity contribution >= 4 is 28.2 Å². The molecule has 2 N–H and O–H groups in total. The first-order chi connectivity index (χ1) is 17.5. The molecular weight excluding hydrogens is 456 g/mol. The van der Waals surface area contributed by atoms with Gasteiger partial charge in [0.05, 0.1) is 54.0 Å². The molecule has 0 saturated carbocycles. The lowest BCUT2D eigenvalue weighted by molar-refractivity contribution is -0.137. The number of aliphatic carboxylic acids is 1. The highest BCUT2D eigenvalue weighted by Gasteiger charge is 2.22. The Morgan fingerprint density at radius 1 is 1.19 bits per heavy atom. The second-order valence-electron chi connectivity index (χ2n) is 9.22. The number of pyridine rings is 2. The highest BCUT2D eigenvalue weighted by atomic mass is 16.5. The summed E-state index contributed by atoms with van der Waals surface area (Å²) in [6.07, 6.45) is 7.95. The minimum absolute atomic E-state index is 0.100. The Bertz CT molecular complexity index is 1380. The molecule has 1 aliphatic heterocycles. The quantitative estimate of drug-likeness (QED) is 0.367. The van der Waals surface area contributed by atoms with Crippen molar-refractivity contribution in [3.8, 4) is 5.75 Å². The van der Waals surface area contributed by atoms with Crippen LogP contribution in [-0.4, -0.2) is 58.1 Å². The first kappa shape index (κ1) is 23.6. The van der Waals surface area contributed by atoms with E-state index < -0.39 is 12.0 Å². The van der Waals surface area contributed by atoms with Crippen LogP contribution in [0.2, 0.25) is 0 Å². The third-order valence-electron chi connectivity index (χ3n) is 6.44. The maximum Gasteiger partial charge on any atom is 0.305 e. The molecule has 1 atom stereocenters. The fraction of sp³-hybridized carbons (Fsp3) is 0.333. The number of anilines is 2. The first-order valence-electron chi connectivity index (χ1n) is 12.1. The minimum Gasteiger partial charge on any atom is -0.493 e. The number of carboxylic acid groups (broad SMARTS) is 1. The van der Waals surface area contributed by atoms with Crippen LogP contribution in [0.4, 0.5) is 11.4 Å². The smallest absolute Gasteiger partial charge is 0.305 e. The molecule has 9 heteroatoms. The summed E-state index contributed by atoms with van der Waals surface area (Å²) in [5, 5.41) is 18.4. The Morgan fingerprint density at radius 3 is 2.92 bits per heavy atom. The minimum atomic E-state index is -0.898. The summed E-state index contributed by atoms with van der Waals surface area (Å²) in [5.41, 5.74) is 5.83. The van der Waals surface area contributed by atoms with E-state index in [-0.39, 0.29) is 6.42 Å². The summed E-state index contributed by atoms with van der Waals surface area (Å²) in [4.78, 5) is 22.7.